The van der Waals surface area contributed by atoms with Gasteiger partial charge in [0.2, 0.25) is 0 Å². The Balaban J connectivity index is 1.41. The summed E-state index contributed by atoms with van der Waals surface area (Å²) < 4.78 is 14.4. The summed E-state index contributed by atoms with van der Waals surface area (Å²) in [5.41, 5.74) is 4.68. The molecule has 7 heteroatoms. The van der Waals surface area contributed by atoms with Crippen LogP contribution < -0.4 is 5.32 Å². The average molecular weight is 451 g/mol. The fourth-order valence-corrected chi connectivity index (χ4v) is 4.50. The summed E-state index contributed by atoms with van der Waals surface area (Å²) in [6.45, 7) is 2.46. The number of nitrogens with zero attached hydrogens (tertiary/aromatic N) is 5. The van der Waals surface area contributed by atoms with E-state index in [1.807, 2.05) is 48.5 Å². The van der Waals surface area contributed by atoms with Crippen LogP contribution in [-0.2, 0) is 19.5 Å². The van der Waals surface area contributed by atoms with Crippen LogP contribution in [0.2, 0.25) is 0 Å². The summed E-state index contributed by atoms with van der Waals surface area (Å²) in [5, 5.41) is 8.13. The van der Waals surface area contributed by atoms with Gasteiger partial charge in [0, 0.05) is 42.6 Å². The monoisotopic (exact) mass is 450 g/mol. The predicted octanol–water partition coefficient (Wildman–Crippen LogP) is 5.53. The Morgan fingerprint density at radius 1 is 0.824 bits per heavy atom. The van der Waals surface area contributed by atoms with Gasteiger partial charge in [0.25, 0.3) is 0 Å². The second-order valence-corrected chi connectivity index (χ2v) is 8.48. The Bertz CT molecular complexity index is 1450. The average Bonchev–Trinajstić information content (AvgIpc) is 3.20. The third-order valence-corrected chi connectivity index (χ3v) is 6.20. The summed E-state index contributed by atoms with van der Waals surface area (Å²) >= 11 is 0. The number of anilines is 2. The molecule has 0 amide bonds. The van der Waals surface area contributed by atoms with Crippen molar-refractivity contribution in [3.8, 4) is 11.4 Å². The van der Waals surface area contributed by atoms with Crippen LogP contribution in [0.4, 0.5) is 16.1 Å². The topological polar surface area (TPSA) is 58.9 Å². The molecule has 0 aliphatic carbocycles. The molecule has 0 saturated carbocycles. The maximum Gasteiger partial charge on any atom is 0.164 e. The van der Waals surface area contributed by atoms with Crippen LogP contribution in [0.3, 0.4) is 0 Å². The number of nitrogens with one attached hydrogen (secondary N) is 1. The summed E-state index contributed by atoms with van der Waals surface area (Å²) in [6, 6.07) is 27.6. The minimum absolute atomic E-state index is 0.408. The SMILES string of the molecule is Fn1nc(Nc2nc(-c3ccccc3)nc3c2CN(Cc2ccccc2)CC3)c2ccccc21. The molecule has 3 heterocycles. The number of hydrogen-bond donors (Lipinski definition) is 1. The van der Waals surface area contributed by atoms with Crippen molar-refractivity contribution in [3.05, 3.63) is 102 Å². The lowest BCUT2D eigenvalue weighted by Crippen LogP contribution is -2.31. The second kappa shape index (κ2) is 8.68. The van der Waals surface area contributed by atoms with Crippen LogP contribution in [0.25, 0.3) is 22.3 Å². The highest BCUT2D eigenvalue weighted by Gasteiger charge is 2.24. The number of hydrogen-bond acceptors (Lipinski definition) is 5. The van der Waals surface area contributed by atoms with Gasteiger partial charge in [-0.1, -0.05) is 82.2 Å². The van der Waals surface area contributed by atoms with E-state index < -0.39 is 0 Å². The van der Waals surface area contributed by atoms with Gasteiger partial charge in [-0.3, -0.25) is 4.90 Å². The van der Waals surface area contributed by atoms with Gasteiger partial charge in [-0.2, -0.15) is 0 Å². The van der Waals surface area contributed by atoms with E-state index in [0.29, 0.717) is 39.8 Å². The van der Waals surface area contributed by atoms with Crippen LogP contribution >= 0.6 is 0 Å². The van der Waals surface area contributed by atoms with Crippen LogP contribution in [-0.4, -0.2) is 31.4 Å². The Kier molecular flexibility index (Phi) is 5.24. The van der Waals surface area contributed by atoms with E-state index in [4.69, 9.17) is 9.97 Å². The van der Waals surface area contributed by atoms with Crippen LogP contribution in [0, 0.1) is 0 Å². The van der Waals surface area contributed by atoms with Crippen molar-refractivity contribution in [2.24, 2.45) is 0 Å². The number of fused-ring (bicyclic) bond motifs is 2. The highest BCUT2D eigenvalue weighted by molar-refractivity contribution is 5.91. The fourth-order valence-electron chi connectivity index (χ4n) is 4.50. The van der Waals surface area contributed by atoms with Crippen LogP contribution in [0.1, 0.15) is 16.8 Å². The third-order valence-electron chi connectivity index (χ3n) is 6.20. The number of benzene rings is 3. The summed E-state index contributed by atoms with van der Waals surface area (Å²) in [7, 11) is 0. The van der Waals surface area contributed by atoms with Gasteiger partial charge in [0.1, 0.15) is 11.3 Å². The molecule has 6 nitrogen and oxygen atoms in total. The molecule has 1 aliphatic heterocycles. The van der Waals surface area contributed by atoms with Crippen LogP contribution in [0.15, 0.2) is 84.9 Å². The van der Waals surface area contributed by atoms with Gasteiger partial charge in [0.15, 0.2) is 11.6 Å². The quantitative estimate of drug-likeness (QED) is 0.382. The normalized spacial score (nSPS) is 13.7. The van der Waals surface area contributed by atoms with E-state index in [9.17, 15) is 4.48 Å². The molecule has 0 spiro atoms. The zero-order chi connectivity index (χ0) is 22.9. The lowest BCUT2D eigenvalue weighted by Gasteiger charge is -2.29. The molecular weight excluding hydrogens is 427 g/mol. The molecule has 0 unspecified atom stereocenters. The molecule has 6 rings (SSSR count). The minimum Gasteiger partial charge on any atom is -0.322 e. The molecule has 0 fully saturated rings. The molecule has 0 atom stereocenters. The first-order chi connectivity index (χ1) is 16.7. The molecule has 0 radical (unpaired) electrons. The van der Waals surface area contributed by atoms with E-state index in [1.54, 1.807) is 12.1 Å². The van der Waals surface area contributed by atoms with Gasteiger partial charge in [-0.05, 0) is 17.7 Å². The Morgan fingerprint density at radius 3 is 2.38 bits per heavy atom. The zero-order valence-electron chi connectivity index (χ0n) is 18.5. The van der Waals surface area contributed by atoms with Gasteiger partial charge in [0.05, 0.1) is 5.69 Å². The highest BCUT2D eigenvalue weighted by atomic mass is 19.2. The van der Waals surface area contributed by atoms with Gasteiger partial charge in [-0.25, -0.2) is 9.97 Å². The molecule has 1 aliphatic rings. The molecule has 0 saturated heterocycles. The number of para-hydroxylation sites is 1. The summed E-state index contributed by atoms with van der Waals surface area (Å²) in [4.78, 5) is 12.6. The van der Waals surface area contributed by atoms with E-state index >= 15 is 0 Å². The van der Waals surface area contributed by atoms with E-state index in [1.165, 1.54) is 5.56 Å². The lowest BCUT2D eigenvalue weighted by atomic mass is 10.0. The van der Waals surface area contributed by atoms with Crippen molar-refractivity contribution < 1.29 is 4.48 Å². The van der Waals surface area contributed by atoms with Gasteiger partial charge >= 0.3 is 0 Å². The van der Waals surface area contributed by atoms with Gasteiger partial charge in [-0.15, -0.1) is 5.10 Å². The zero-order valence-corrected chi connectivity index (χ0v) is 18.5. The van der Waals surface area contributed by atoms with E-state index in [2.05, 4.69) is 39.6 Å². The Morgan fingerprint density at radius 2 is 1.56 bits per heavy atom. The Labute approximate surface area is 196 Å². The molecule has 3 aromatic carbocycles. The molecule has 1 N–H and O–H groups in total. The number of aromatic nitrogens is 4. The molecule has 168 valence electrons. The molecule has 0 bridgehead atoms. The van der Waals surface area contributed by atoms with Crippen molar-refractivity contribution in [1.29, 1.82) is 0 Å². The standard InChI is InChI=1S/C27H23FN6/c28-34-24-14-8-7-13-21(24)27(32-34)31-26-22-18-33(17-19-9-3-1-4-10-19)16-15-23(22)29-25(30-26)20-11-5-2-6-12-20/h1-14H,15-18H2,(H,29,30,31,32). The maximum atomic E-state index is 14.4. The highest BCUT2D eigenvalue weighted by Crippen LogP contribution is 2.32. The van der Waals surface area contributed by atoms with Crippen LogP contribution in [0.5, 0.6) is 0 Å². The van der Waals surface area contributed by atoms with E-state index in [0.717, 1.165) is 36.3 Å². The van der Waals surface area contributed by atoms with Crippen molar-refractivity contribution in [3.63, 3.8) is 0 Å². The molecular formula is C27H23FN6. The second-order valence-electron chi connectivity index (χ2n) is 8.48. The minimum atomic E-state index is 0.408. The molecule has 5 aromatic rings. The maximum absolute atomic E-state index is 14.4. The smallest absolute Gasteiger partial charge is 0.164 e. The molecule has 34 heavy (non-hydrogen) atoms. The third kappa shape index (κ3) is 3.91. The van der Waals surface area contributed by atoms with Crippen molar-refractivity contribution in [2.45, 2.75) is 19.5 Å². The van der Waals surface area contributed by atoms with E-state index in [-0.39, 0.29) is 0 Å². The van der Waals surface area contributed by atoms with Crippen molar-refractivity contribution in [1.82, 2.24) is 24.9 Å². The lowest BCUT2D eigenvalue weighted by molar-refractivity contribution is 0.243. The Hall–Kier alpha value is -4.10. The number of rotatable bonds is 5. The van der Waals surface area contributed by atoms with Crippen molar-refractivity contribution in [2.75, 3.05) is 11.9 Å². The molecule has 2 aromatic heterocycles. The summed E-state index contributed by atoms with van der Waals surface area (Å²) in [5.74, 6) is 1.77. The first-order valence-electron chi connectivity index (χ1n) is 11.4. The van der Waals surface area contributed by atoms with Gasteiger partial charge < -0.3 is 5.32 Å². The first kappa shape index (κ1) is 20.5. The van der Waals surface area contributed by atoms with Crippen molar-refractivity contribution >= 4 is 22.5 Å². The fraction of sp³-hybridized carbons (Fsp3) is 0.148. The summed E-state index contributed by atoms with van der Waals surface area (Å²) in [6.07, 6.45) is 0.817. The number of halogens is 1. The predicted molar refractivity (Wildman–Crippen MR) is 131 cm³/mol. The first-order valence-corrected chi connectivity index (χ1v) is 11.4. The largest absolute Gasteiger partial charge is 0.322 e.